The molecule has 0 saturated carbocycles. The van der Waals surface area contributed by atoms with Gasteiger partial charge in [0.15, 0.2) is 0 Å². The van der Waals surface area contributed by atoms with E-state index in [0.29, 0.717) is 20.7 Å². The lowest BCUT2D eigenvalue weighted by molar-refractivity contribution is 0.102. The molecule has 0 spiro atoms. The van der Waals surface area contributed by atoms with E-state index in [2.05, 4.69) is 26.6 Å². The van der Waals surface area contributed by atoms with Gasteiger partial charge in [-0.15, -0.1) is 0 Å². The molecule has 1 amide bonds. The number of carbonyl (C=O) groups is 1. The van der Waals surface area contributed by atoms with E-state index in [4.69, 9.17) is 11.6 Å². The second-order valence-electron chi connectivity index (χ2n) is 4.63. The minimum atomic E-state index is -0.169. The molecule has 0 fully saturated rings. The zero-order chi connectivity index (χ0) is 15.4. The monoisotopic (exact) mass is 366 g/mol. The van der Waals surface area contributed by atoms with Gasteiger partial charge in [-0.25, -0.2) is 0 Å². The van der Waals surface area contributed by atoms with Gasteiger partial charge in [0.1, 0.15) is 0 Å². The van der Waals surface area contributed by atoms with Crippen LogP contribution in [0, 0.1) is 6.92 Å². The van der Waals surface area contributed by atoms with Crippen molar-refractivity contribution in [3.05, 3.63) is 57.0 Å². The van der Waals surface area contributed by atoms with Gasteiger partial charge < -0.3 is 10.6 Å². The van der Waals surface area contributed by atoms with Crippen LogP contribution in [0.1, 0.15) is 22.8 Å². The zero-order valence-electron chi connectivity index (χ0n) is 11.8. The third-order valence-electron chi connectivity index (χ3n) is 2.99. The highest BCUT2D eigenvalue weighted by molar-refractivity contribution is 9.10. The molecule has 0 aliphatic carbocycles. The van der Waals surface area contributed by atoms with Crippen LogP contribution in [-0.2, 0) is 0 Å². The molecule has 0 heterocycles. The van der Waals surface area contributed by atoms with E-state index in [-0.39, 0.29) is 5.91 Å². The van der Waals surface area contributed by atoms with E-state index in [1.54, 1.807) is 18.2 Å². The first-order valence-electron chi connectivity index (χ1n) is 6.62. The first kappa shape index (κ1) is 15.9. The normalized spacial score (nSPS) is 10.3. The number of amides is 1. The van der Waals surface area contributed by atoms with Crippen molar-refractivity contribution in [3.63, 3.8) is 0 Å². The summed E-state index contributed by atoms with van der Waals surface area (Å²) in [4.78, 5) is 12.5. The summed E-state index contributed by atoms with van der Waals surface area (Å²) >= 11 is 9.42. The van der Waals surface area contributed by atoms with Crippen molar-refractivity contribution in [2.24, 2.45) is 0 Å². The maximum Gasteiger partial charge on any atom is 0.257 e. The molecule has 2 N–H and O–H groups in total. The summed E-state index contributed by atoms with van der Waals surface area (Å²) in [5, 5.41) is 6.64. The molecule has 5 heteroatoms. The molecular formula is C16H16BrClN2O. The van der Waals surface area contributed by atoms with Crippen molar-refractivity contribution in [2.75, 3.05) is 17.2 Å². The Morgan fingerprint density at radius 3 is 2.71 bits per heavy atom. The fourth-order valence-electron chi connectivity index (χ4n) is 1.98. The second-order valence-corrected chi connectivity index (χ2v) is 5.84. The number of carbonyl (C=O) groups excluding carboxylic acids is 1. The lowest BCUT2D eigenvalue weighted by atomic mass is 10.1. The molecule has 0 radical (unpaired) electrons. The van der Waals surface area contributed by atoms with Gasteiger partial charge in [-0.1, -0.05) is 29.3 Å². The molecule has 0 aromatic heterocycles. The summed E-state index contributed by atoms with van der Waals surface area (Å²) in [5.41, 5.74) is 3.12. The minimum Gasteiger partial charge on any atom is -0.385 e. The van der Waals surface area contributed by atoms with Crippen LogP contribution in [0.3, 0.4) is 0 Å². The van der Waals surface area contributed by atoms with Gasteiger partial charge in [-0.3, -0.25) is 4.79 Å². The molecule has 0 saturated heterocycles. The average Bonchev–Trinajstić information content (AvgIpc) is 2.46. The zero-order valence-corrected chi connectivity index (χ0v) is 14.2. The van der Waals surface area contributed by atoms with Crippen molar-refractivity contribution in [3.8, 4) is 0 Å². The number of aryl methyl sites for hydroxylation is 1. The van der Waals surface area contributed by atoms with E-state index in [1.165, 1.54) is 0 Å². The Balaban J connectivity index is 2.32. The molecule has 0 aliphatic heterocycles. The van der Waals surface area contributed by atoms with Crippen LogP contribution in [0.4, 0.5) is 11.4 Å². The SMILES string of the molecule is CCNc1ccc(C)cc1C(=O)Nc1cccc(Cl)c1Br. The molecule has 3 nitrogen and oxygen atoms in total. The van der Waals surface area contributed by atoms with Gasteiger partial charge in [0, 0.05) is 12.2 Å². The Labute approximate surface area is 137 Å². The maximum absolute atomic E-state index is 12.5. The average molecular weight is 368 g/mol. The smallest absolute Gasteiger partial charge is 0.257 e. The van der Waals surface area contributed by atoms with Crippen LogP contribution in [0.25, 0.3) is 0 Å². The Morgan fingerprint density at radius 1 is 1.24 bits per heavy atom. The van der Waals surface area contributed by atoms with Crippen molar-refractivity contribution in [1.29, 1.82) is 0 Å². The standard InChI is InChI=1S/C16H16BrClN2O/c1-3-19-13-8-7-10(2)9-11(13)16(21)20-14-6-4-5-12(18)15(14)17/h4-9,19H,3H2,1-2H3,(H,20,21). The first-order valence-corrected chi connectivity index (χ1v) is 7.80. The summed E-state index contributed by atoms with van der Waals surface area (Å²) in [6.45, 7) is 4.71. The lowest BCUT2D eigenvalue weighted by Gasteiger charge is -2.13. The third-order valence-corrected chi connectivity index (χ3v) is 4.38. The molecule has 0 bridgehead atoms. The van der Waals surface area contributed by atoms with Crippen LogP contribution in [0.2, 0.25) is 5.02 Å². The lowest BCUT2D eigenvalue weighted by Crippen LogP contribution is -2.15. The predicted molar refractivity (Wildman–Crippen MR) is 92.4 cm³/mol. The second kappa shape index (κ2) is 6.96. The van der Waals surface area contributed by atoms with Gasteiger partial charge in [0.25, 0.3) is 5.91 Å². The molecule has 21 heavy (non-hydrogen) atoms. The maximum atomic E-state index is 12.5. The molecule has 0 unspecified atom stereocenters. The summed E-state index contributed by atoms with van der Waals surface area (Å²) < 4.78 is 0.678. The van der Waals surface area contributed by atoms with Crippen molar-refractivity contribution in [1.82, 2.24) is 0 Å². The van der Waals surface area contributed by atoms with Gasteiger partial charge in [-0.2, -0.15) is 0 Å². The van der Waals surface area contributed by atoms with Gasteiger partial charge in [0.05, 0.1) is 20.7 Å². The van der Waals surface area contributed by atoms with Gasteiger partial charge in [-0.05, 0) is 54.0 Å². The topological polar surface area (TPSA) is 41.1 Å². The van der Waals surface area contributed by atoms with Crippen LogP contribution in [0.5, 0.6) is 0 Å². The number of anilines is 2. The molecule has 2 aromatic carbocycles. The van der Waals surface area contributed by atoms with Crippen LogP contribution in [0.15, 0.2) is 40.9 Å². The summed E-state index contributed by atoms with van der Waals surface area (Å²) in [6.07, 6.45) is 0. The summed E-state index contributed by atoms with van der Waals surface area (Å²) in [7, 11) is 0. The van der Waals surface area contributed by atoms with Crippen molar-refractivity contribution >= 4 is 44.8 Å². The molecule has 110 valence electrons. The van der Waals surface area contributed by atoms with E-state index < -0.39 is 0 Å². The number of rotatable bonds is 4. The molecule has 2 aromatic rings. The van der Waals surface area contributed by atoms with Crippen LogP contribution in [-0.4, -0.2) is 12.5 Å². The number of hydrogen-bond donors (Lipinski definition) is 2. The Morgan fingerprint density at radius 2 is 2.00 bits per heavy atom. The summed E-state index contributed by atoms with van der Waals surface area (Å²) in [5.74, 6) is -0.169. The third kappa shape index (κ3) is 3.77. The molecule has 2 rings (SSSR count). The number of nitrogens with one attached hydrogen (secondary N) is 2. The predicted octanol–water partition coefficient (Wildman–Crippen LogP) is 5.10. The quantitative estimate of drug-likeness (QED) is 0.790. The number of hydrogen-bond acceptors (Lipinski definition) is 2. The minimum absolute atomic E-state index is 0.169. The fourth-order valence-corrected chi connectivity index (χ4v) is 2.52. The van der Waals surface area contributed by atoms with Gasteiger partial charge >= 0.3 is 0 Å². The van der Waals surface area contributed by atoms with Gasteiger partial charge in [0.2, 0.25) is 0 Å². The Hall–Kier alpha value is -1.52. The highest BCUT2D eigenvalue weighted by atomic mass is 79.9. The highest BCUT2D eigenvalue weighted by Crippen LogP contribution is 2.30. The van der Waals surface area contributed by atoms with Crippen LogP contribution >= 0.6 is 27.5 Å². The largest absolute Gasteiger partial charge is 0.385 e. The van der Waals surface area contributed by atoms with Crippen molar-refractivity contribution < 1.29 is 4.79 Å². The van der Waals surface area contributed by atoms with Crippen molar-refractivity contribution in [2.45, 2.75) is 13.8 Å². The van der Waals surface area contributed by atoms with Crippen LogP contribution < -0.4 is 10.6 Å². The van der Waals surface area contributed by atoms with E-state index >= 15 is 0 Å². The molecule has 0 atom stereocenters. The summed E-state index contributed by atoms with van der Waals surface area (Å²) in [6, 6.07) is 11.1. The molecule has 0 aliphatic rings. The number of halogens is 2. The molecular weight excluding hydrogens is 352 g/mol. The number of benzene rings is 2. The fraction of sp³-hybridized carbons (Fsp3) is 0.188. The van der Waals surface area contributed by atoms with E-state index in [0.717, 1.165) is 17.8 Å². The highest BCUT2D eigenvalue weighted by Gasteiger charge is 2.13. The van der Waals surface area contributed by atoms with E-state index in [1.807, 2.05) is 32.0 Å². The first-order chi connectivity index (χ1) is 10.0. The van der Waals surface area contributed by atoms with E-state index in [9.17, 15) is 4.79 Å². The Kier molecular flexibility index (Phi) is 5.26. The Bertz CT molecular complexity index is 673.